The molecule has 0 fully saturated rings. The van der Waals surface area contributed by atoms with Crippen molar-refractivity contribution in [1.29, 1.82) is 5.41 Å². The highest BCUT2D eigenvalue weighted by Gasteiger charge is 2.44. The predicted octanol–water partition coefficient (Wildman–Crippen LogP) is 2.73. The van der Waals surface area contributed by atoms with E-state index in [1.54, 1.807) is 24.3 Å². The predicted molar refractivity (Wildman–Crippen MR) is 54.6 cm³/mol. The van der Waals surface area contributed by atoms with Gasteiger partial charge in [-0.05, 0) is 5.56 Å². The lowest BCUT2D eigenvalue weighted by molar-refractivity contribution is -0.135. The van der Waals surface area contributed by atoms with Gasteiger partial charge in [0.1, 0.15) is 5.84 Å². The third kappa shape index (κ3) is 2.11. The molecule has 0 saturated heterocycles. The Kier molecular flexibility index (Phi) is 2.81. The molecule has 0 bridgehead atoms. The summed E-state index contributed by atoms with van der Waals surface area (Å²) in [6.45, 7) is -1.05. The first-order valence-corrected chi connectivity index (χ1v) is 4.99. The van der Waals surface area contributed by atoms with Crippen LogP contribution in [0.3, 0.4) is 0 Å². The van der Waals surface area contributed by atoms with Gasteiger partial charge in [0, 0.05) is 12.1 Å². The van der Waals surface area contributed by atoms with Crippen LogP contribution in [0.5, 0.6) is 0 Å². The first-order chi connectivity index (χ1) is 7.92. The molecule has 0 atom stereocenters. The Morgan fingerprint density at radius 3 is 2.53 bits per heavy atom. The molecular weight excluding hydrogens is 236 g/mol. The van der Waals surface area contributed by atoms with Crippen LogP contribution < -0.4 is 0 Å². The van der Waals surface area contributed by atoms with Crippen LogP contribution in [-0.2, 0) is 6.54 Å². The fourth-order valence-corrected chi connectivity index (χ4v) is 1.80. The number of nitrogens with one attached hydrogen (secondary N) is 1. The third-order valence-corrected chi connectivity index (χ3v) is 2.67. The normalized spacial score (nSPS) is 15.6. The van der Waals surface area contributed by atoms with E-state index in [9.17, 15) is 17.6 Å². The number of benzene rings is 1. The highest BCUT2D eigenvalue weighted by atomic mass is 19.3. The van der Waals surface area contributed by atoms with E-state index in [0.29, 0.717) is 11.1 Å². The van der Waals surface area contributed by atoms with Crippen molar-refractivity contribution >= 4 is 5.84 Å². The Hall–Kier alpha value is -1.59. The molecule has 1 N–H and O–H groups in total. The molecule has 1 aromatic carbocycles. The Balaban J connectivity index is 2.16. The van der Waals surface area contributed by atoms with Gasteiger partial charge >= 0.3 is 12.3 Å². The molecule has 1 aliphatic heterocycles. The van der Waals surface area contributed by atoms with Gasteiger partial charge < -0.3 is 4.90 Å². The van der Waals surface area contributed by atoms with Gasteiger partial charge in [0.25, 0.3) is 0 Å². The second-order valence-electron chi connectivity index (χ2n) is 3.92. The first-order valence-electron chi connectivity index (χ1n) is 4.99. The smallest absolute Gasteiger partial charge is 0.324 e. The minimum atomic E-state index is -4.09. The molecule has 17 heavy (non-hydrogen) atoms. The standard InChI is InChI=1S/C11H10F4N2/c12-10(13)11(14,15)6-17-5-7-3-1-2-4-8(7)9(17)16/h1-4,10,16H,5-6H2. The summed E-state index contributed by atoms with van der Waals surface area (Å²) in [6.07, 6.45) is -3.71. The molecule has 0 aliphatic carbocycles. The van der Waals surface area contributed by atoms with E-state index in [0.717, 1.165) is 4.90 Å². The van der Waals surface area contributed by atoms with Gasteiger partial charge in [0.2, 0.25) is 0 Å². The lowest BCUT2D eigenvalue weighted by Gasteiger charge is -2.24. The maximum absolute atomic E-state index is 12.9. The zero-order valence-electron chi connectivity index (χ0n) is 8.76. The van der Waals surface area contributed by atoms with Gasteiger partial charge in [-0.2, -0.15) is 8.78 Å². The molecule has 2 nitrogen and oxygen atoms in total. The average Bonchev–Trinajstić information content (AvgIpc) is 2.56. The van der Waals surface area contributed by atoms with Gasteiger partial charge in [0.05, 0.1) is 6.54 Å². The monoisotopic (exact) mass is 246 g/mol. The summed E-state index contributed by atoms with van der Waals surface area (Å²) in [6, 6.07) is 6.73. The second kappa shape index (κ2) is 4.01. The summed E-state index contributed by atoms with van der Waals surface area (Å²) >= 11 is 0. The van der Waals surface area contributed by atoms with Crippen molar-refractivity contribution in [3.63, 3.8) is 0 Å². The van der Waals surface area contributed by atoms with Gasteiger partial charge in [-0.1, -0.05) is 24.3 Å². The molecule has 6 heteroatoms. The average molecular weight is 246 g/mol. The van der Waals surface area contributed by atoms with Gasteiger partial charge in [-0.15, -0.1) is 0 Å². The number of halogens is 4. The fourth-order valence-electron chi connectivity index (χ4n) is 1.80. The van der Waals surface area contributed by atoms with E-state index >= 15 is 0 Å². The number of amidine groups is 1. The SMILES string of the molecule is N=C1c2ccccc2CN1CC(F)(F)C(F)F. The Bertz CT molecular complexity index is 445. The molecular formula is C11H10F4N2. The number of nitrogens with zero attached hydrogens (tertiary/aromatic N) is 1. The van der Waals surface area contributed by atoms with Crippen molar-refractivity contribution < 1.29 is 17.6 Å². The van der Waals surface area contributed by atoms with Crippen LogP contribution in [0.15, 0.2) is 24.3 Å². The maximum Gasteiger partial charge on any atom is 0.324 e. The van der Waals surface area contributed by atoms with E-state index in [1.165, 1.54) is 0 Å². The Labute approximate surface area is 95.4 Å². The van der Waals surface area contributed by atoms with Crippen molar-refractivity contribution in [2.24, 2.45) is 0 Å². The van der Waals surface area contributed by atoms with Gasteiger partial charge in [0.15, 0.2) is 0 Å². The molecule has 0 unspecified atom stereocenters. The lowest BCUT2D eigenvalue weighted by atomic mass is 10.1. The molecule has 1 heterocycles. The highest BCUT2D eigenvalue weighted by molar-refractivity contribution is 6.00. The van der Waals surface area contributed by atoms with Crippen molar-refractivity contribution in [1.82, 2.24) is 4.90 Å². The van der Waals surface area contributed by atoms with Crippen molar-refractivity contribution in [2.75, 3.05) is 6.54 Å². The lowest BCUT2D eigenvalue weighted by Crippen LogP contribution is -2.41. The van der Waals surface area contributed by atoms with E-state index in [2.05, 4.69) is 0 Å². The highest BCUT2D eigenvalue weighted by Crippen LogP contribution is 2.29. The van der Waals surface area contributed by atoms with Crippen LogP contribution in [0, 0.1) is 5.41 Å². The summed E-state index contributed by atoms with van der Waals surface area (Å²) in [5.74, 6) is -4.21. The number of fused-ring (bicyclic) bond motifs is 1. The topological polar surface area (TPSA) is 27.1 Å². The quantitative estimate of drug-likeness (QED) is 0.816. The molecule has 0 aromatic heterocycles. The van der Waals surface area contributed by atoms with Gasteiger partial charge in [-0.25, -0.2) is 8.78 Å². The molecule has 0 saturated carbocycles. The van der Waals surface area contributed by atoms with E-state index in [4.69, 9.17) is 5.41 Å². The molecule has 2 rings (SSSR count). The van der Waals surface area contributed by atoms with Crippen LogP contribution in [0.1, 0.15) is 11.1 Å². The van der Waals surface area contributed by atoms with Crippen LogP contribution in [0.2, 0.25) is 0 Å². The molecule has 1 aromatic rings. The summed E-state index contributed by atoms with van der Waals surface area (Å²) < 4.78 is 50.0. The molecule has 92 valence electrons. The van der Waals surface area contributed by atoms with Crippen molar-refractivity contribution in [2.45, 2.75) is 18.9 Å². The van der Waals surface area contributed by atoms with Crippen LogP contribution in [0.4, 0.5) is 17.6 Å². The molecule has 0 spiro atoms. The van der Waals surface area contributed by atoms with Crippen molar-refractivity contribution in [3.05, 3.63) is 35.4 Å². The third-order valence-electron chi connectivity index (χ3n) is 2.67. The summed E-state index contributed by atoms with van der Waals surface area (Å²) in [4.78, 5) is 0.969. The Morgan fingerprint density at radius 2 is 1.94 bits per heavy atom. The second-order valence-corrected chi connectivity index (χ2v) is 3.92. The van der Waals surface area contributed by atoms with Crippen LogP contribution in [0.25, 0.3) is 0 Å². The molecule has 0 radical (unpaired) electrons. The maximum atomic E-state index is 12.9. The number of hydrogen-bond acceptors (Lipinski definition) is 1. The zero-order valence-corrected chi connectivity index (χ0v) is 8.76. The minimum Gasteiger partial charge on any atom is -0.346 e. The number of rotatable bonds is 3. The van der Waals surface area contributed by atoms with Crippen LogP contribution in [-0.4, -0.2) is 29.6 Å². The fraction of sp³-hybridized carbons (Fsp3) is 0.364. The molecule has 1 aliphatic rings. The van der Waals surface area contributed by atoms with Gasteiger partial charge in [-0.3, -0.25) is 5.41 Å². The van der Waals surface area contributed by atoms with E-state index in [-0.39, 0.29) is 12.4 Å². The summed E-state index contributed by atoms with van der Waals surface area (Å²) in [7, 11) is 0. The number of alkyl halides is 4. The van der Waals surface area contributed by atoms with E-state index in [1.807, 2.05) is 0 Å². The van der Waals surface area contributed by atoms with Crippen molar-refractivity contribution in [3.8, 4) is 0 Å². The molecule has 0 amide bonds. The zero-order chi connectivity index (χ0) is 12.6. The van der Waals surface area contributed by atoms with Crippen LogP contribution >= 0.6 is 0 Å². The minimum absolute atomic E-state index is 0.0807. The number of hydrogen-bond donors (Lipinski definition) is 1. The summed E-state index contributed by atoms with van der Waals surface area (Å²) in [5.41, 5.74) is 1.24. The summed E-state index contributed by atoms with van der Waals surface area (Å²) in [5, 5.41) is 7.66. The first kappa shape index (κ1) is 11.9. The largest absolute Gasteiger partial charge is 0.346 e. The Morgan fingerprint density at radius 1 is 1.29 bits per heavy atom. The van der Waals surface area contributed by atoms with E-state index < -0.39 is 18.9 Å².